The molecule has 0 bridgehead atoms. The number of primary amides is 1. The molecule has 5 heteroatoms. The van der Waals surface area contributed by atoms with Gasteiger partial charge in [0.25, 0.3) is 0 Å². The third-order valence-corrected chi connectivity index (χ3v) is 2.15. The average Bonchev–Trinajstić information content (AvgIpc) is 2.03. The van der Waals surface area contributed by atoms with Gasteiger partial charge >= 0.3 is 0 Å². The van der Waals surface area contributed by atoms with E-state index >= 15 is 0 Å². The summed E-state index contributed by atoms with van der Waals surface area (Å²) in [7, 11) is 0. The summed E-state index contributed by atoms with van der Waals surface area (Å²) in [5.41, 5.74) is 5.92. The van der Waals surface area contributed by atoms with E-state index in [9.17, 15) is 4.79 Å². The Bertz CT molecular complexity index is 315. The number of nitrogens with two attached hydrogens (primary N) is 1. The molecule has 70 valence electrons. The summed E-state index contributed by atoms with van der Waals surface area (Å²) in [5.74, 6) is -0.504. The van der Waals surface area contributed by atoms with Crippen molar-refractivity contribution in [1.82, 2.24) is 0 Å². The molecule has 0 aliphatic rings. The lowest BCUT2D eigenvalue weighted by Gasteiger charge is -2.10. The largest absolute Gasteiger partial charge is 0.366 e. The maximum Gasteiger partial charge on any atom is 0.248 e. The Labute approximate surface area is 90.6 Å². The molecular formula is C8H6Cl3NO. The van der Waals surface area contributed by atoms with Crippen LogP contribution in [-0.2, 0) is 3.79 Å². The number of alkyl halides is 3. The Hall–Kier alpha value is -0.440. The van der Waals surface area contributed by atoms with Crippen LogP contribution in [0.1, 0.15) is 15.9 Å². The van der Waals surface area contributed by atoms with Gasteiger partial charge in [-0.25, -0.2) is 0 Å². The fourth-order valence-electron chi connectivity index (χ4n) is 0.823. The molecule has 0 aliphatic carbocycles. The van der Waals surface area contributed by atoms with Crippen LogP contribution in [0.5, 0.6) is 0 Å². The second-order valence-corrected chi connectivity index (χ2v) is 4.72. The van der Waals surface area contributed by atoms with Crippen molar-refractivity contribution in [2.75, 3.05) is 0 Å². The van der Waals surface area contributed by atoms with E-state index in [-0.39, 0.29) is 0 Å². The van der Waals surface area contributed by atoms with E-state index in [0.717, 1.165) is 0 Å². The molecule has 0 spiro atoms. The monoisotopic (exact) mass is 237 g/mol. The van der Waals surface area contributed by atoms with Crippen molar-refractivity contribution in [1.29, 1.82) is 0 Å². The van der Waals surface area contributed by atoms with Gasteiger partial charge in [-0.15, -0.1) is 0 Å². The number of hydrogen-bond donors (Lipinski definition) is 1. The molecule has 0 saturated heterocycles. The Balaban J connectivity index is 3.01. The lowest BCUT2D eigenvalue weighted by atomic mass is 10.1. The fraction of sp³-hybridized carbons (Fsp3) is 0.125. The van der Waals surface area contributed by atoms with Gasteiger partial charge in [-0.05, 0) is 12.1 Å². The van der Waals surface area contributed by atoms with Gasteiger partial charge in [0.2, 0.25) is 9.70 Å². The molecular weight excluding hydrogens is 232 g/mol. The van der Waals surface area contributed by atoms with Crippen LogP contribution < -0.4 is 5.73 Å². The van der Waals surface area contributed by atoms with Gasteiger partial charge in [-0.2, -0.15) is 0 Å². The molecule has 1 aromatic rings. The highest BCUT2D eigenvalue weighted by molar-refractivity contribution is 6.66. The molecule has 2 nitrogen and oxygen atoms in total. The molecule has 1 rings (SSSR count). The van der Waals surface area contributed by atoms with Crippen LogP contribution in [0, 0.1) is 0 Å². The van der Waals surface area contributed by atoms with E-state index in [1.54, 1.807) is 12.1 Å². The zero-order valence-corrected chi connectivity index (χ0v) is 8.70. The van der Waals surface area contributed by atoms with Crippen LogP contribution in [0.2, 0.25) is 0 Å². The molecule has 13 heavy (non-hydrogen) atoms. The van der Waals surface area contributed by atoms with Crippen molar-refractivity contribution in [2.45, 2.75) is 3.79 Å². The van der Waals surface area contributed by atoms with Crippen LogP contribution in [0.4, 0.5) is 0 Å². The van der Waals surface area contributed by atoms with E-state index in [0.29, 0.717) is 11.1 Å². The summed E-state index contributed by atoms with van der Waals surface area (Å²) in [6.07, 6.45) is 0. The van der Waals surface area contributed by atoms with Crippen molar-refractivity contribution < 1.29 is 4.79 Å². The average molecular weight is 239 g/mol. The summed E-state index contributed by atoms with van der Waals surface area (Å²) in [6, 6.07) is 6.12. The fourth-order valence-corrected chi connectivity index (χ4v) is 1.20. The highest BCUT2D eigenvalue weighted by Gasteiger charge is 2.22. The number of halogens is 3. The number of rotatable bonds is 1. The van der Waals surface area contributed by atoms with E-state index in [2.05, 4.69) is 0 Å². The molecule has 0 atom stereocenters. The molecule has 0 saturated carbocycles. The van der Waals surface area contributed by atoms with Crippen molar-refractivity contribution >= 4 is 40.7 Å². The minimum atomic E-state index is -1.46. The smallest absolute Gasteiger partial charge is 0.248 e. The number of benzene rings is 1. The normalized spacial score (nSPS) is 11.3. The maximum atomic E-state index is 10.7. The van der Waals surface area contributed by atoms with Crippen molar-refractivity contribution in [3.05, 3.63) is 35.4 Å². The molecule has 0 radical (unpaired) electrons. The Morgan fingerprint density at radius 1 is 1.15 bits per heavy atom. The number of carbonyl (C=O) groups excluding carboxylic acids is 1. The molecule has 1 amide bonds. The van der Waals surface area contributed by atoms with Crippen LogP contribution in [0.25, 0.3) is 0 Å². The highest BCUT2D eigenvalue weighted by atomic mass is 35.6. The summed E-state index contributed by atoms with van der Waals surface area (Å²) in [4.78, 5) is 10.7. The molecule has 0 aliphatic heterocycles. The number of hydrogen-bond acceptors (Lipinski definition) is 1. The summed E-state index contributed by atoms with van der Waals surface area (Å²) < 4.78 is -1.46. The van der Waals surface area contributed by atoms with Crippen molar-refractivity contribution in [3.63, 3.8) is 0 Å². The first kappa shape index (κ1) is 10.6. The van der Waals surface area contributed by atoms with Gasteiger partial charge in [0.1, 0.15) is 0 Å². The summed E-state index contributed by atoms with van der Waals surface area (Å²) in [5, 5.41) is 0. The zero-order valence-electron chi connectivity index (χ0n) is 6.43. The van der Waals surface area contributed by atoms with Gasteiger partial charge in [0.15, 0.2) is 0 Å². The van der Waals surface area contributed by atoms with Crippen LogP contribution in [0.3, 0.4) is 0 Å². The summed E-state index contributed by atoms with van der Waals surface area (Å²) in [6.45, 7) is 0. The third kappa shape index (κ3) is 2.76. The lowest BCUT2D eigenvalue weighted by Crippen LogP contribution is -2.11. The Morgan fingerprint density at radius 3 is 1.92 bits per heavy atom. The maximum absolute atomic E-state index is 10.7. The first-order chi connectivity index (χ1) is 5.91. The predicted molar refractivity (Wildman–Crippen MR) is 54.2 cm³/mol. The first-order valence-corrected chi connectivity index (χ1v) is 4.52. The molecule has 2 N–H and O–H groups in total. The van der Waals surface area contributed by atoms with Crippen molar-refractivity contribution in [3.8, 4) is 0 Å². The van der Waals surface area contributed by atoms with E-state index in [1.807, 2.05) is 0 Å². The topological polar surface area (TPSA) is 43.1 Å². The Morgan fingerprint density at radius 2 is 1.62 bits per heavy atom. The van der Waals surface area contributed by atoms with Gasteiger partial charge in [-0.1, -0.05) is 46.9 Å². The second-order valence-electron chi connectivity index (χ2n) is 2.44. The number of carbonyl (C=O) groups is 1. The summed E-state index contributed by atoms with van der Waals surface area (Å²) >= 11 is 16.8. The molecule has 0 heterocycles. The number of amides is 1. The highest BCUT2D eigenvalue weighted by Crippen LogP contribution is 2.37. The van der Waals surface area contributed by atoms with Gasteiger partial charge in [0.05, 0.1) is 0 Å². The lowest BCUT2D eigenvalue weighted by molar-refractivity contribution is 0.100. The predicted octanol–water partition coefficient (Wildman–Crippen LogP) is 2.61. The molecule has 1 aromatic carbocycles. The quantitative estimate of drug-likeness (QED) is 0.751. The van der Waals surface area contributed by atoms with Crippen LogP contribution in [-0.4, -0.2) is 5.91 Å². The Kier molecular flexibility index (Phi) is 3.06. The van der Waals surface area contributed by atoms with Crippen LogP contribution in [0.15, 0.2) is 24.3 Å². The van der Waals surface area contributed by atoms with E-state index < -0.39 is 9.70 Å². The van der Waals surface area contributed by atoms with Gasteiger partial charge in [-0.3, -0.25) is 4.79 Å². The zero-order chi connectivity index (χ0) is 10.1. The van der Waals surface area contributed by atoms with Gasteiger partial charge in [0, 0.05) is 11.1 Å². The SMILES string of the molecule is NC(=O)c1ccc(C(Cl)(Cl)Cl)cc1. The standard InChI is InChI=1S/C8H6Cl3NO/c9-8(10,11)6-3-1-5(2-4-6)7(12)13/h1-4H,(H2,12,13). The minimum absolute atomic E-state index is 0.387. The molecule has 0 aromatic heterocycles. The van der Waals surface area contributed by atoms with Gasteiger partial charge < -0.3 is 5.73 Å². The second kappa shape index (κ2) is 3.74. The molecule has 0 fully saturated rings. The minimum Gasteiger partial charge on any atom is -0.366 e. The first-order valence-electron chi connectivity index (χ1n) is 3.38. The van der Waals surface area contributed by atoms with Crippen LogP contribution >= 0.6 is 34.8 Å². The molecule has 0 unspecified atom stereocenters. The van der Waals surface area contributed by atoms with E-state index in [1.165, 1.54) is 12.1 Å². The third-order valence-electron chi connectivity index (χ3n) is 1.50. The van der Waals surface area contributed by atoms with E-state index in [4.69, 9.17) is 40.5 Å². The van der Waals surface area contributed by atoms with Crippen molar-refractivity contribution in [2.24, 2.45) is 5.73 Å².